The van der Waals surface area contributed by atoms with Gasteiger partial charge in [-0.2, -0.15) is 0 Å². The lowest BCUT2D eigenvalue weighted by Crippen LogP contribution is -2.33. The highest BCUT2D eigenvalue weighted by atomic mass is 79.9. The van der Waals surface area contributed by atoms with Crippen LogP contribution in [0.4, 0.5) is 0 Å². The van der Waals surface area contributed by atoms with E-state index in [1.54, 1.807) is 17.0 Å². The van der Waals surface area contributed by atoms with Crippen LogP contribution in [-0.4, -0.2) is 41.9 Å². The molecule has 1 unspecified atom stereocenters. The highest BCUT2D eigenvalue weighted by Gasteiger charge is 2.42. The number of rotatable bonds is 7. The van der Waals surface area contributed by atoms with Crippen LogP contribution in [0.25, 0.3) is 11.0 Å². The lowest BCUT2D eigenvalue weighted by Gasteiger charge is -2.26. The van der Waals surface area contributed by atoms with Crippen LogP contribution < -0.4 is 5.43 Å². The number of amides is 1. The summed E-state index contributed by atoms with van der Waals surface area (Å²) in [5, 5.41) is 0.508. The van der Waals surface area contributed by atoms with Crippen molar-refractivity contribution in [3.05, 3.63) is 80.1 Å². The molecule has 4 rings (SSSR count). The fraction of sp³-hybridized carbons (Fsp3) is 0.333. The fourth-order valence-corrected chi connectivity index (χ4v) is 4.64. The zero-order valence-electron chi connectivity index (χ0n) is 17.2. The van der Waals surface area contributed by atoms with Crippen LogP contribution in [-0.2, 0) is 0 Å². The molecule has 3 aromatic rings. The molecule has 0 fully saturated rings. The maximum absolute atomic E-state index is 13.4. The quantitative estimate of drug-likeness (QED) is 0.498. The van der Waals surface area contributed by atoms with E-state index in [1.165, 1.54) is 0 Å². The Morgan fingerprint density at radius 3 is 2.57 bits per heavy atom. The summed E-state index contributed by atoms with van der Waals surface area (Å²) < 4.78 is 6.88. The summed E-state index contributed by atoms with van der Waals surface area (Å²) in [5.74, 6) is -0.0381. The van der Waals surface area contributed by atoms with Gasteiger partial charge in [-0.15, -0.1) is 0 Å². The highest BCUT2D eigenvalue weighted by molar-refractivity contribution is 9.10. The van der Waals surface area contributed by atoms with Gasteiger partial charge >= 0.3 is 0 Å². The van der Waals surface area contributed by atoms with Crippen molar-refractivity contribution in [1.82, 2.24) is 9.80 Å². The SMILES string of the molecule is CCN(CC)CCCN1C(=O)c2oc3ccccc3c(=O)c2C1c1cccc(Br)c1. The predicted octanol–water partition coefficient (Wildman–Crippen LogP) is 4.83. The fourth-order valence-electron chi connectivity index (χ4n) is 4.23. The summed E-state index contributed by atoms with van der Waals surface area (Å²) >= 11 is 3.52. The Kier molecular flexibility index (Phi) is 6.06. The predicted molar refractivity (Wildman–Crippen MR) is 122 cm³/mol. The Hall–Kier alpha value is -2.44. The molecular formula is C24H25BrN2O3. The number of benzene rings is 2. The van der Waals surface area contributed by atoms with E-state index in [0.717, 1.165) is 36.1 Å². The third-order valence-electron chi connectivity index (χ3n) is 5.81. The van der Waals surface area contributed by atoms with Crippen LogP contribution in [0, 0.1) is 0 Å². The van der Waals surface area contributed by atoms with Gasteiger partial charge in [-0.3, -0.25) is 9.59 Å². The summed E-state index contributed by atoms with van der Waals surface area (Å²) in [4.78, 5) is 30.9. The average Bonchev–Trinajstić information content (AvgIpc) is 3.03. The Morgan fingerprint density at radius 2 is 1.83 bits per heavy atom. The van der Waals surface area contributed by atoms with Gasteiger partial charge in [0.05, 0.1) is 17.0 Å². The highest BCUT2D eigenvalue weighted by Crippen LogP contribution is 2.38. The van der Waals surface area contributed by atoms with Crippen molar-refractivity contribution in [2.75, 3.05) is 26.2 Å². The average molecular weight is 469 g/mol. The number of fused-ring (bicyclic) bond motifs is 2. The molecule has 1 atom stereocenters. The van der Waals surface area contributed by atoms with Gasteiger partial charge in [0, 0.05) is 11.0 Å². The lowest BCUT2D eigenvalue weighted by molar-refractivity contribution is 0.0720. The van der Waals surface area contributed by atoms with Crippen LogP contribution in [0.1, 0.15) is 48.0 Å². The number of hydrogen-bond donors (Lipinski definition) is 0. The molecule has 156 valence electrons. The molecule has 2 aromatic carbocycles. The van der Waals surface area contributed by atoms with Crippen molar-refractivity contribution in [3.8, 4) is 0 Å². The first-order valence-corrected chi connectivity index (χ1v) is 11.2. The van der Waals surface area contributed by atoms with Gasteiger partial charge in [0.25, 0.3) is 5.91 Å². The Balaban J connectivity index is 1.79. The second-order valence-corrected chi connectivity index (χ2v) is 8.42. The van der Waals surface area contributed by atoms with E-state index in [9.17, 15) is 9.59 Å². The first-order valence-electron chi connectivity index (χ1n) is 10.4. The van der Waals surface area contributed by atoms with Crippen LogP contribution in [0.5, 0.6) is 0 Å². The Labute approximate surface area is 184 Å². The normalized spacial score (nSPS) is 15.9. The molecule has 6 heteroatoms. The monoisotopic (exact) mass is 468 g/mol. The molecule has 0 N–H and O–H groups in total. The van der Waals surface area contributed by atoms with E-state index in [4.69, 9.17) is 4.42 Å². The van der Waals surface area contributed by atoms with Gasteiger partial charge < -0.3 is 14.2 Å². The number of halogens is 1. The van der Waals surface area contributed by atoms with Gasteiger partial charge in [0.2, 0.25) is 5.76 Å². The number of hydrogen-bond acceptors (Lipinski definition) is 4. The molecule has 1 amide bonds. The van der Waals surface area contributed by atoms with Crippen molar-refractivity contribution in [2.24, 2.45) is 0 Å². The van der Waals surface area contributed by atoms with E-state index in [1.807, 2.05) is 36.4 Å². The molecule has 0 radical (unpaired) electrons. The standard InChI is InChI=1S/C24H25BrN2O3/c1-3-26(4-2)13-8-14-27-21(16-9-7-10-17(25)15-16)20-22(28)18-11-5-6-12-19(18)30-23(20)24(27)29/h5-7,9-12,15,21H,3-4,8,13-14H2,1-2H3. The van der Waals surface area contributed by atoms with Gasteiger partial charge in [0.1, 0.15) is 5.58 Å². The molecule has 0 spiro atoms. The minimum Gasteiger partial charge on any atom is -0.450 e. The third-order valence-corrected chi connectivity index (χ3v) is 6.30. The maximum atomic E-state index is 13.4. The van der Waals surface area contributed by atoms with Crippen LogP contribution in [0.15, 0.2) is 62.2 Å². The Bertz CT molecular complexity index is 1140. The second-order valence-electron chi connectivity index (χ2n) is 7.51. The van der Waals surface area contributed by atoms with Gasteiger partial charge in [0.15, 0.2) is 5.43 Å². The summed E-state index contributed by atoms with van der Waals surface area (Å²) in [5.41, 5.74) is 1.67. The molecule has 0 bridgehead atoms. The van der Waals surface area contributed by atoms with Gasteiger partial charge in [-0.25, -0.2) is 0 Å². The van der Waals surface area contributed by atoms with Crippen molar-refractivity contribution < 1.29 is 9.21 Å². The van der Waals surface area contributed by atoms with E-state index in [2.05, 4.69) is 34.7 Å². The molecule has 0 saturated heterocycles. The minimum atomic E-state index is -0.442. The van der Waals surface area contributed by atoms with Gasteiger partial charge in [-0.05, 0) is 55.9 Å². The van der Waals surface area contributed by atoms with E-state index in [-0.39, 0.29) is 17.1 Å². The Morgan fingerprint density at radius 1 is 1.07 bits per heavy atom. The molecule has 30 heavy (non-hydrogen) atoms. The van der Waals surface area contributed by atoms with Crippen molar-refractivity contribution in [3.63, 3.8) is 0 Å². The molecule has 0 saturated carbocycles. The van der Waals surface area contributed by atoms with Crippen molar-refractivity contribution in [2.45, 2.75) is 26.3 Å². The molecular weight excluding hydrogens is 444 g/mol. The van der Waals surface area contributed by atoms with Crippen LogP contribution in [0.2, 0.25) is 0 Å². The largest absolute Gasteiger partial charge is 0.450 e. The number of para-hydroxylation sites is 1. The van der Waals surface area contributed by atoms with Crippen LogP contribution in [0.3, 0.4) is 0 Å². The summed E-state index contributed by atoms with van der Waals surface area (Å²) in [6, 6.07) is 14.5. The molecule has 2 heterocycles. The van der Waals surface area contributed by atoms with E-state index >= 15 is 0 Å². The minimum absolute atomic E-state index is 0.128. The van der Waals surface area contributed by atoms with Crippen LogP contribution >= 0.6 is 15.9 Å². The summed E-state index contributed by atoms with van der Waals surface area (Å²) in [6.07, 6.45) is 0.833. The zero-order chi connectivity index (χ0) is 21.3. The number of carbonyl (C=O) groups excluding carboxylic acids is 1. The van der Waals surface area contributed by atoms with Gasteiger partial charge in [-0.1, -0.05) is 54.0 Å². The maximum Gasteiger partial charge on any atom is 0.290 e. The summed E-state index contributed by atoms with van der Waals surface area (Å²) in [6.45, 7) is 7.70. The first kappa shape index (κ1) is 20.8. The molecule has 1 aliphatic rings. The van der Waals surface area contributed by atoms with E-state index in [0.29, 0.717) is 23.1 Å². The summed E-state index contributed by atoms with van der Waals surface area (Å²) in [7, 11) is 0. The number of nitrogens with zero attached hydrogens (tertiary/aromatic N) is 2. The van der Waals surface area contributed by atoms with Crippen molar-refractivity contribution >= 4 is 32.8 Å². The number of carbonyl (C=O) groups is 1. The van der Waals surface area contributed by atoms with Crippen molar-refractivity contribution in [1.29, 1.82) is 0 Å². The smallest absolute Gasteiger partial charge is 0.290 e. The topological polar surface area (TPSA) is 53.8 Å². The first-order chi connectivity index (χ1) is 14.5. The zero-order valence-corrected chi connectivity index (χ0v) is 18.8. The van der Waals surface area contributed by atoms with E-state index < -0.39 is 6.04 Å². The molecule has 5 nitrogen and oxygen atoms in total. The molecule has 1 aliphatic heterocycles. The molecule has 1 aromatic heterocycles. The third kappa shape index (κ3) is 3.70. The second kappa shape index (κ2) is 8.74. The lowest BCUT2D eigenvalue weighted by atomic mass is 9.98. The molecule has 0 aliphatic carbocycles.